The van der Waals surface area contributed by atoms with Crippen LogP contribution >= 0.6 is 0 Å². The van der Waals surface area contributed by atoms with E-state index in [-0.39, 0.29) is 0 Å². The zero-order valence-corrected chi connectivity index (χ0v) is 10.9. The fraction of sp³-hybridized carbons (Fsp3) is 0.538. The maximum atomic E-state index is 13.5. The maximum Gasteiger partial charge on any atom is 0.304 e. The number of rotatable bonds is 4. The first-order chi connectivity index (χ1) is 9.01. The minimum atomic E-state index is -0.773. The Morgan fingerprint density at radius 2 is 2.32 bits per heavy atom. The number of hydrogen-bond donors (Lipinski definition) is 1. The fourth-order valence-corrected chi connectivity index (χ4v) is 2.64. The van der Waals surface area contributed by atoms with Crippen LogP contribution in [0.5, 0.6) is 0 Å². The summed E-state index contributed by atoms with van der Waals surface area (Å²) in [7, 11) is 0. The van der Waals surface area contributed by atoms with E-state index < -0.39 is 16.4 Å². The Morgan fingerprint density at radius 3 is 2.84 bits per heavy atom. The van der Waals surface area contributed by atoms with Crippen molar-refractivity contribution >= 4 is 5.69 Å². The van der Waals surface area contributed by atoms with Crippen molar-refractivity contribution in [2.45, 2.75) is 25.9 Å². The molecular weight excluding hydrogens is 249 g/mol. The molecule has 0 bridgehead atoms. The molecule has 1 saturated heterocycles. The third kappa shape index (κ3) is 3.08. The lowest BCUT2D eigenvalue weighted by atomic mass is 10.1. The van der Waals surface area contributed by atoms with Crippen LogP contribution in [-0.2, 0) is 6.54 Å². The molecule has 0 saturated carbocycles. The van der Waals surface area contributed by atoms with Crippen LogP contribution in [0.25, 0.3) is 0 Å². The Bertz CT molecular complexity index is 481. The van der Waals surface area contributed by atoms with E-state index in [1.54, 1.807) is 6.07 Å². The predicted molar refractivity (Wildman–Crippen MR) is 70.1 cm³/mol. The Balaban J connectivity index is 2.08. The predicted octanol–water partition coefficient (Wildman–Crippen LogP) is 1.90. The second-order valence-corrected chi connectivity index (χ2v) is 5.16. The summed E-state index contributed by atoms with van der Waals surface area (Å²) in [6.07, 6.45) is 1.05. The van der Waals surface area contributed by atoms with Gasteiger partial charge in [0.05, 0.1) is 4.92 Å². The highest BCUT2D eigenvalue weighted by Crippen LogP contribution is 2.25. The average molecular weight is 267 g/mol. The van der Waals surface area contributed by atoms with Crippen LogP contribution in [0.4, 0.5) is 10.1 Å². The number of benzene rings is 1. The zero-order valence-electron chi connectivity index (χ0n) is 10.9. The van der Waals surface area contributed by atoms with Crippen molar-refractivity contribution in [1.29, 1.82) is 0 Å². The molecule has 1 aliphatic rings. The molecule has 1 aliphatic heterocycles. The normalized spacial score (nSPS) is 23.7. The van der Waals surface area contributed by atoms with Gasteiger partial charge >= 0.3 is 5.69 Å². The second-order valence-electron chi connectivity index (χ2n) is 5.16. The summed E-state index contributed by atoms with van der Waals surface area (Å²) in [4.78, 5) is 12.1. The number of likely N-dealkylation sites (tertiary alicyclic amines) is 1. The first-order valence-electron chi connectivity index (χ1n) is 6.38. The molecule has 0 aliphatic carbocycles. The molecule has 0 amide bonds. The van der Waals surface area contributed by atoms with Crippen molar-refractivity contribution in [2.75, 3.05) is 13.1 Å². The zero-order chi connectivity index (χ0) is 14.0. The summed E-state index contributed by atoms with van der Waals surface area (Å²) in [6, 6.07) is 4.50. The van der Waals surface area contributed by atoms with Gasteiger partial charge < -0.3 is 5.73 Å². The van der Waals surface area contributed by atoms with Crippen molar-refractivity contribution in [2.24, 2.45) is 11.7 Å². The third-order valence-corrected chi connectivity index (χ3v) is 3.72. The SMILES string of the molecule is CC1CC(CN)CN1Cc1ccc([N+](=O)[O-])c(F)c1. The summed E-state index contributed by atoms with van der Waals surface area (Å²) in [5.41, 5.74) is 5.95. The molecule has 0 radical (unpaired) electrons. The van der Waals surface area contributed by atoms with E-state index >= 15 is 0 Å². The lowest BCUT2D eigenvalue weighted by molar-refractivity contribution is -0.387. The van der Waals surface area contributed by atoms with Crippen LogP contribution < -0.4 is 5.73 Å². The molecule has 6 heteroatoms. The van der Waals surface area contributed by atoms with Crippen molar-refractivity contribution in [3.05, 3.63) is 39.7 Å². The van der Waals surface area contributed by atoms with Crippen molar-refractivity contribution < 1.29 is 9.31 Å². The van der Waals surface area contributed by atoms with E-state index in [2.05, 4.69) is 11.8 Å². The van der Waals surface area contributed by atoms with Crippen LogP contribution in [0, 0.1) is 21.8 Å². The Labute approximate surface area is 111 Å². The summed E-state index contributed by atoms with van der Waals surface area (Å²) in [6.45, 7) is 4.29. The molecule has 2 atom stereocenters. The first-order valence-corrected chi connectivity index (χ1v) is 6.38. The van der Waals surface area contributed by atoms with Gasteiger partial charge in [0.1, 0.15) is 0 Å². The van der Waals surface area contributed by atoms with Crippen LogP contribution in [0.3, 0.4) is 0 Å². The van der Waals surface area contributed by atoms with Crippen molar-refractivity contribution in [3.8, 4) is 0 Å². The van der Waals surface area contributed by atoms with Gasteiger partial charge in [0.25, 0.3) is 0 Å². The molecule has 2 N–H and O–H groups in total. The van der Waals surface area contributed by atoms with Gasteiger partial charge in [-0.3, -0.25) is 15.0 Å². The van der Waals surface area contributed by atoms with E-state index in [1.165, 1.54) is 12.1 Å². The highest BCUT2D eigenvalue weighted by molar-refractivity contribution is 5.35. The molecule has 1 fully saturated rings. The lowest BCUT2D eigenvalue weighted by Gasteiger charge is -2.21. The second kappa shape index (κ2) is 5.63. The molecule has 1 aromatic rings. The molecule has 5 nitrogen and oxygen atoms in total. The Hall–Kier alpha value is -1.53. The number of halogens is 1. The minimum absolute atomic E-state index is 0.409. The molecule has 2 rings (SSSR count). The van der Waals surface area contributed by atoms with E-state index in [4.69, 9.17) is 5.73 Å². The number of nitrogens with zero attached hydrogens (tertiary/aromatic N) is 2. The van der Waals surface area contributed by atoms with Gasteiger partial charge in [-0.2, -0.15) is 4.39 Å². The average Bonchev–Trinajstić information content (AvgIpc) is 2.70. The molecule has 1 aromatic carbocycles. The summed E-state index contributed by atoms with van der Waals surface area (Å²) < 4.78 is 13.5. The standard InChI is InChI=1S/C13H18FN3O2/c1-9-4-11(6-15)8-16(9)7-10-2-3-13(17(18)19)12(14)5-10/h2-3,5,9,11H,4,6-8,15H2,1H3. The lowest BCUT2D eigenvalue weighted by Crippen LogP contribution is -2.27. The third-order valence-electron chi connectivity index (χ3n) is 3.72. The number of hydrogen-bond acceptors (Lipinski definition) is 4. The summed E-state index contributed by atoms with van der Waals surface area (Å²) in [5.74, 6) is -0.289. The summed E-state index contributed by atoms with van der Waals surface area (Å²) >= 11 is 0. The number of nitrogens with two attached hydrogens (primary N) is 1. The van der Waals surface area contributed by atoms with E-state index in [1.807, 2.05) is 0 Å². The van der Waals surface area contributed by atoms with Crippen LogP contribution in [-0.4, -0.2) is 29.0 Å². The molecular formula is C13H18FN3O2. The van der Waals surface area contributed by atoms with E-state index in [9.17, 15) is 14.5 Å². The monoisotopic (exact) mass is 267 g/mol. The highest BCUT2D eigenvalue weighted by Gasteiger charge is 2.28. The molecule has 104 valence electrons. The number of nitro benzene ring substituents is 1. The van der Waals surface area contributed by atoms with Gasteiger partial charge in [-0.05, 0) is 37.4 Å². The van der Waals surface area contributed by atoms with Crippen LogP contribution in [0.15, 0.2) is 18.2 Å². The fourth-order valence-electron chi connectivity index (χ4n) is 2.64. The quantitative estimate of drug-likeness (QED) is 0.668. The molecule has 2 unspecified atom stereocenters. The Morgan fingerprint density at radius 1 is 1.58 bits per heavy atom. The van der Waals surface area contributed by atoms with E-state index in [0.29, 0.717) is 25.0 Å². The molecule has 0 aromatic heterocycles. The Kier molecular flexibility index (Phi) is 4.11. The topological polar surface area (TPSA) is 72.4 Å². The van der Waals surface area contributed by atoms with Gasteiger partial charge in [0.15, 0.2) is 0 Å². The van der Waals surface area contributed by atoms with Crippen LogP contribution in [0.1, 0.15) is 18.9 Å². The van der Waals surface area contributed by atoms with Gasteiger partial charge in [-0.1, -0.05) is 6.07 Å². The highest BCUT2D eigenvalue weighted by atomic mass is 19.1. The van der Waals surface area contributed by atoms with Gasteiger partial charge in [0, 0.05) is 25.2 Å². The van der Waals surface area contributed by atoms with Gasteiger partial charge in [-0.25, -0.2) is 0 Å². The largest absolute Gasteiger partial charge is 0.330 e. The molecule has 19 heavy (non-hydrogen) atoms. The molecule has 1 heterocycles. The minimum Gasteiger partial charge on any atom is -0.330 e. The summed E-state index contributed by atoms with van der Waals surface area (Å²) in [5, 5.41) is 10.6. The van der Waals surface area contributed by atoms with Crippen molar-refractivity contribution in [3.63, 3.8) is 0 Å². The first kappa shape index (κ1) is 13.9. The smallest absolute Gasteiger partial charge is 0.304 e. The van der Waals surface area contributed by atoms with Gasteiger partial charge in [0.2, 0.25) is 5.82 Å². The number of nitro groups is 1. The maximum absolute atomic E-state index is 13.5. The molecule has 0 spiro atoms. The van der Waals surface area contributed by atoms with E-state index in [0.717, 1.165) is 18.5 Å². The van der Waals surface area contributed by atoms with Crippen LogP contribution in [0.2, 0.25) is 0 Å². The van der Waals surface area contributed by atoms with Gasteiger partial charge in [-0.15, -0.1) is 0 Å². The van der Waals surface area contributed by atoms with Crippen molar-refractivity contribution in [1.82, 2.24) is 4.90 Å².